The largest absolute Gasteiger partial charge is 0.481 e. The van der Waals surface area contributed by atoms with Crippen LogP contribution in [0.3, 0.4) is 0 Å². The molecule has 1 aliphatic rings. The van der Waals surface area contributed by atoms with E-state index in [2.05, 4.69) is 4.98 Å². The van der Waals surface area contributed by atoms with E-state index in [0.29, 0.717) is 5.28 Å². The number of aliphatic carboxylic acids is 1. The van der Waals surface area contributed by atoms with E-state index >= 15 is 0 Å². The lowest BCUT2D eigenvalue weighted by molar-refractivity contribution is -0.137. The monoisotopic (exact) mass is 214 g/mol. The molecular weight excluding hydrogens is 204 g/mol. The van der Waals surface area contributed by atoms with Gasteiger partial charge in [0.15, 0.2) is 0 Å². The smallest absolute Gasteiger partial charge is 0.304 e. The van der Waals surface area contributed by atoms with Crippen LogP contribution in [0.1, 0.15) is 30.9 Å². The van der Waals surface area contributed by atoms with Gasteiger partial charge in [0, 0.05) is 18.2 Å². The van der Waals surface area contributed by atoms with Gasteiger partial charge in [0.1, 0.15) is 0 Å². The Morgan fingerprint density at radius 3 is 3.29 bits per heavy atom. The van der Waals surface area contributed by atoms with Crippen molar-refractivity contribution in [1.29, 1.82) is 0 Å². The van der Waals surface area contributed by atoms with Gasteiger partial charge in [-0.1, -0.05) is 0 Å². The molecule has 14 heavy (non-hydrogen) atoms. The third-order valence-electron chi connectivity index (χ3n) is 2.61. The fourth-order valence-corrected chi connectivity index (χ4v) is 2.20. The molecule has 0 radical (unpaired) electrons. The lowest BCUT2D eigenvalue weighted by Crippen LogP contribution is -2.17. The van der Waals surface area contributed by atoms with Crippen LogP contribution in [-0.2, 0) is 11.3 Å². The van der Waals surface area contributed by atoms with Crippen molar-refractivity contribution in [2.24, 2.45) is 0 Å². The number of nitrogens with zero attached hydrogens (tertiary/aromatic N) is 2. The molecule has 0 saturated heterocycles. The minimum absolute atomic E-state index is 0.0706. The molecule has 1 aliphatic heterocycles. The maximum Gasteiger partial charge on any atom is 0.304 e. The minimum Gasteiger partial charge on any atom is -0.481 e. The lowest BCUT2D eigenvalue weighted by Gasteiger charge is -2.22. The summed E-state index contributed by atoms with van der Waals surface area (Å²) in [5, 5.41) is 9.20. The molecule has 0 spiro atoms. The fourth-order valence-electron chi connectivity index (χ4n) is 1.97. The van der Waals surface area contributed by atoms with Crippen molar-refractivity contribution in [2.75, 3.05) is 0 Å². The highest BCUT2D eigenvalue weighted by Crippen LogP contribution is 2.31. The summed E-state index contributed by atoms with van der Waals surface area (Å²) in [5.74, 6) is -0.693. The van der Waals surface area contributed by atoms with Gasteiger partial charge in [-0.05, 0) is 24.4 Å². The summed E-state index contributed by atoms with van der Waals surface area (Å²) < 4.78 is 1.90. The zero-order chi connectivity index (χ0) is 10.1. The predicted octanol–water partition coefficient (Wildman–Crippen LogP) is 1.89. The fraction of sp³-hybridized carbons (Fsp3) is 0.556. The van der Waals surface area contributed by atoms with Crippen molar-refractivity contribution in [1.82, 2.24) is 9.55 Å². The maximum absolute atomic E-state index is 10.6. The molecule has 5 heteroatoms. The number of carbonyl (C=O) groups is 1. The molecule has 0 saturated carbocycles. The SMILES string of the molecule is O=C(O)CC1CCCn2c1cnc2Cl. The Balaban J connectivity index is 2.27. The zero-order valence-electron chi connectivity index (χ0n) is 7.61. The molecule has 2 rings (SSSR count). The Morgan fingerprint density at radius 1 is 1.79 bits per heavy atom. The summed E-state index contributed by atoms with van der Waals surface area (Å²) in [4.78, 5) is 14.6. The molecule has 0 aliphatic carbocycles. The van der Waals surface area contributed by atoms with Crippen LogP contribution in [0.4, 0.5) is 0 Å². The van der Waals surface area contributed by atoms with Crippen LogP contribution in [-0.4, -0.2) is 20.6 Å². The van der Waals surface area contributed by atoms with Gasteiger partial charge in [-0.3, -0.25) is 4.79 Å². The van der Waals surface area contributed by atoms with Crippen molar-refractivity contribution in [3.8, 4) is 0 Å². The minimum atomic E-state index is -0.763. The number of hydrogen-bond donors (Lipinski definition) is 1. The van der Waals surface area contributed by atoms with Crippen molar-refractivity contribution < 1.29 is 9.90 Å². The number of carboxylic acids is 1. The maximum atomic E-state index is 10.6. The Morgan fingerprint density at radius 2 is 2.57 bits per heavy atom. The van der Waals surface area contributed by atoms with Gasteiger partial charge in [-0.15, -0.1) is 0 Å². The van der Waals surface area contributed by atoms with Crippen LogP contribution in [0.15, 0.2) is 6.20 Å². The summed E-state index contributed by atoms with van der Waals surface area (Å²) in [7, 11) is 0. The predicted molar refractivity (Wildman–Crippen MR) is 51.5 cm³/mol. The molecule has 2 heterocycles. The molecule has 4 nitrogen and oxygen atoms in total. The van der Waals surface area contributed by atoms with E-state index in [-0.39, 0.29) is 12.3 Å². The van der Waals surface area contributed by atoms with Gasteiger partial charge in [-0.2, -0.15) is 0 Å². The van der Waals surface area contributed by atoms with E-state index in [4.69, 9.17) is 16.7 Å². The number of carboxylic acid groups (broad SMARTS) is 1. The summed E-state index contributed by atoms with van der Waals surface area (Å²) in [6, 6.07) is 0. The van der Waals surface area contributed by atoms with Crippen LogP contribution in [0, 0.1) is 0 Å². The number of imidazole rings is 1. The van der Waals surface area contributed by atoms with Crippen molar-refractivity contribution >= 4 is 17.6 Å². The highest BCUT2D eigenvalue weighted by molar-refractivity contribution is 6.28. The summed E-state index contributed by atoms with van der Waals surface area (Å²) in [6.07, 6.45) is 3.74. The van der Waals surface area contributed by atoms with Crippen LogP contribution in [0.5, 0.6) is 0 Å². The molecule has 0 amide bonds. The quantitative estimate of drug-likeness (QED) is 0.818. The van der Waals surface area contributed by atoms with E-state index in [1.54, 1.807) is 6.20 Å². The normalized spacial score (nSPS) is 20.5. The van der Waals surface area contributed by atoms with Crippen molar-refractivity contribution in [3.63, 3.8) is 0 Å². The van der Waals surface area contributed by atoms with Gasteiger partial charge in [-0.25, -0.2) is 4.98 Å². The van der Waals surface area contributed by atoms with Crippen LogP contribution in [0.2, 0.25) is 5.28 Å². The van der Waals surface area contributed by atoms with E-state index in [1.165, 1.54) is 0 Å². The van der Waals surface area contributed by atoms with E-state index in [9.17, 15) is 4.79 Å². The first kappa shape index (κ1) is 9.52. The molecule has 0 aromatic carbocycles. The molecule has 76 valence electrons. The highest BCUT2D eigenvalue weighted by atomic mass is 35.5. The Kier molecular flexibility index (Phi) is 2.46. The number of halogens is 1. The first-order valence-corrected chi connectivity index (χ1v) is 4.99. The average Bonchev–Trinajstić information content (AvgIpc) is 2.49. The van der Waals surface area contributed by atoms with Crippen molar-refractivity contribution in [3.05, 3.63) is 17.2 Å². The molecule has 0 bridgehead atoms. The second-order valence-electron chi connectivity index (χ2n) is 3.54. The van der Waals surface area contributed by atoms with Crippen molar-refractivity contribution in [2.45, 2.75) is 31.7 Å². The second-order valence-corrected chi connectivity index (χ2v) is 3.88. The van der Waals surface area contributed by atoms with E-state index in [0.717, 1.165) is 25.1 Å². The second kappa shape index (κ2) is 3.61. The molecule has 0 fully saturated rings. The third kappa shape index (κ3) is 1.62. The average molecular weight is 215 g/mol. The molecule has 1 aromatic heterocycles. The molecular formula is C9H11ClN2O2. The summed E-state index contributed by atoms with van der Waals surface area (Å²) in [6.45, 7) is 0.851. The topological polar surface area (TPSA) is 55.1 Å². The van der Waals surface area contributed by atoms with E-state index < -0.39 is 5.97 Å². The Hall–Kier alpha value is -1.03. The molecule has 1 N–H and O–H groups in total. The molecule has 1 unspecified atom stereocenters. The van der Waals surface area contributed by atoms with Crippen LogP contribution >= 0.6 is 11.6 Å². The van der Waals surface area contributed by atoms with Crippen LogP contribution < -0.4 is 0 Å². The number of rotatable bonds is 2. The van der Waals surface area contributed by atoms with Gasteiger partial charge in [0.2, 0.25) is 5.28 Å². The highest BCUT2D eigenvalue weighted by Gasteiger charge is 2.24. The standard InChI is InChI=1S/C9H11ClN2O2/c10-9-11-5-7-6(4-8(13)14)2-1-3-12(7)9/h5-6H,1-4H2,(H,13,14). The first-order valence-electron chi connectivity index (χ1n) is 4.61. The summed E-state index contributed by atoms with van der Waals surface area (Å²) in [5.41, 5.74) is 0.962. The van der Waals surface area contributed by atoms with Gasteiger partial charge >= 0.3 is 5.97 Å². The van der Waals surface area contributed by atoms with Gasteiger partial charge < -0.3 is 9.67 Å². The molecule has 1 aromatic rings. The first-order chi connectivity index (χ1) is 6.68. The third-order valence-corrected chi connectivity index (χ3v) is 2.91. The summed E-state index contributed by atoms with van der Waals surface area (Å²) >= 11 is 5.86. The number of fused-ring (bicyclic) bond motifs is 1. The van der Waals surface area contributed by atoms with Gasteiger partial charge in [0.25, 0.3) is 0 Å². The molecule has 1 atom stereocenters. The number of aromatic nitrogens is 2. The van der Waals surface area contributed by atoms with Gasteiger partial charge in [0.05, 0.1) is 12.6 Å². The van der Waals surface area contributed by atoms with Crippen LogP contribution in [0.25, 0.3) is 0 Å². The Bertz CT molecular complexity index is 362. The Labute approximate surface area is 86.5 Å². The lowest BCUT2D eigenvalue weighted by atomic mass is 9.93. The number of hydrogen-bond acceptors (Lipinski definition) is 2. The zero-order valence-corrected chi connectivity index (χ0v) is 8.37. The van der Waals surface area contributed by atoms with E-state index in [1.807, 2.05) is 4.57 Å².